The molecule has 3 rings (SSSR count). The predicted octanol–water partition coefficient (Wildman–Crippen LogP) is 1.93. The second-order valence-corrected chi connectivity index (χ2v) is 5.27. The van der Waals surface area contributed by atoms with E-state index in [2.05, 4.69) is 4.98 Å². The molecule has 0 bridgehead atoms. The van der Waals surface area contributed by atoms with Crippen LogP contribution in [0.3, 0.4) is 0 Å². The lowest BCUT2D eigenvalue weighted by Gasteiger charge is -2.10. The lowest BCUT2D eigenvalue weighted by molar-refractivity contribution is -0.117. The molecule has 0 saturated heterocycles. The third kappa shape index (κ3) is 2.47. The molecule has 22 heavy (non-hydrogen) atoms. The third-order valence-electron chi connectivity index (χ3n) is 3.61. The van der Waals surface area contributed by atoms with Crippen molar-refractivity contribution in [2.75, 3.05) is 6.61 Å². The van der Waals surface area contributed by atoms with Crippen molar-refractivity contribution < 1.29 is 9.53 Å². The summed E-state index contributed by atoms with van der Waals surface area (Å²) in [5.41, 5.74) is 1.93. The van der Waals surface area contributed by atoms with E-state index in [1.54, 1.807) is 35.1 Å². The van der Waals surface area contributed by atoms with Crippen molar-refractivity contribution in [2.45, 2.75) is 19.8 Å². The highest BCUT2D eigenvalue weighted by atomic mass is 16.5. The van der Waals surface area contributed by atoms with Crippen LogP contribution in [0.4, 0.5) is 0 Å². The molecular weight excluding hydrogens is 282 g/mol. The molecule has 6 nitrogen and oxygen atoms in total. The normalized spacial score (nSPS) is 11.2. The summed E-state index contributed by atoms with van der Waals surface area (Å²) >= 11 is 0. The van der Waals surface area contributed by atoms with Crippen LogP contribution in [-0.2, 0) is 11.8 Å². The second-order valence-electron chi connectivity index (χ2n) is 5.27. The minimum atomic E-state index is -0.0607. The largest absolute Gasteiger partial charge is 0.478 e. The zero-order valence-corrected chi connectivity index (χ0v) is 12.6. The average molecular weight is 299 g/mol. The zero-order valence-electron chi connectivity index (χ0n) is 12.6. The number of hydrogen-bond acceptors (Lipinski definition) is 4. The van der Waals surface area contributed by atoms with Gasteiger partial charge in [0.1, 0.15) is 11.3 Å². The van der Waals surface area contributed by atoms with Crippen LogP contribution in [0.15, 0.2) is 35.3 Å². The van der Waals surface area contributed by atoms with Gasteiger partial charge in [-0.05, 0) is 31.5 Å². The topological polar surface area (TPSA) is 65.6 Å². The fraction of sp³-hybridized carbons (Fsp3) is 0.312. The van der Waals surface area contributed by atoms with E-state index < -0.39 is 0 Å². The van der Waals surface area contributed by atoms with Gasteiger partial charge in [-0.2, -0.15) is 4.98 Å². The molecule has 3 heterocycles. The summed E-state index contributed by atoms with van der Waals surface area (Å²) in [7, 11) is 1.73. The van der Waals surface area contributed by atoms with Gasteiger partial charge in [0.25, 0.3) is 5.56 Å². The van der Waals surface area contributed by atoms with E-state index in [-0.39, 0.29) is 11.3 Å². The van der Waals surface area contributed by atoms with Crippen LogP contribution in [0.2, 0.25) is 0 Å². The summed E-state index contributed by atoms with van der Waals surface area (Å²) in [6.45, 7) is 2.01. The molecular formula is C16H17N3O3. The molecule has 6 heteroatoms. The minimum absolute atomic E-state index is 0.0607. The van der Waals surface area contributed by atoms with Crippen LogP contribution < -0.4 is 10.3 Å². The first-order valence-corrected chi connectivity index (χ1v) is 7.17. The first-order chi connectivity index (χ1) is 10.6. The minimum Gasteiger partial charge on any atom is -0.478 e. The Labute approximate surface area is 127 Å². The van der Waals surface area contributed by atoms with E-state index in [1.165, 1.54) is 0 Å². The van der Waals surface area contributed by atoms with E-state index in [4.69, 9.17) is 4.74 Å². The molecule has 0 fully saturated rings. The van der Waals surface area contributed by atoms with Crippen LogP contribution in [-0.4, -0.2) is 26.3 Å². The fourth-order valence-corrected chi connectivity index (χ4v) is 2.46. The summed E-state index contributed by atoms with van der Waals surface area (Å²) in [6, 6.07) is 7.15. The van der Waals surface area contributed by atoms with Crippen LogP contribution >= 0.6 is 0 Å². The molecule has 0 radical (unpaired) electrons. The van der Waals surface area contributed by atoms with Crippen LogP contribution in [0.1, 0.15) is 19.8 Å². The number of rotatable bonds is 5. The monoisotopic (exact) mass is 299 g/mol. The van der Waals surface area contributed by atoms with Crippen molar-refractivity contribution in [1.82, 2.24) is 14.0 Å². The maximum atomic E-state index is 12.2. The SMILES string of the molecule is CC(=O)CCCOc1ccc2c(n1)n1cccc1c(=O)n2C. The highest BCUT2D eigenvalue weighted by Crippen LogP contribution is 2.17. The van der Waals surface area contributed by atoms with E-state index in [1.807, 2.05) is 18.3 Å². The molecule has 0 aliphatic rings. The third-order valence-corrected chi connectivity index (χ3v) is 3.61. The van der Waals surface area contributed by atoms with Crippen molar-refractivity contribution in [3.05, 3.63) is 40.8 Å². The number of aromatic nitrogens is 3. The summed E-state index contributed by atoms with van der Waals surface area (Å²) in [5.74, 6) is 0.642. The highest BCUT2D eigenvalue weighted by molar-refractivity contribution is 5.76. The molecule has 0 spiro atoms. The fourth-order valence-electron chi connectivity index (χ4n) is 2.46. The Kier molecular flexibility index (Phi) is 3.66. The quantitative estimate of drug-likeness (QED) is 0.675. The molecule has 0 unspecified atom stereocenters. The van der Waals surface area contributed by atoms with E-state index >= 15 is 0 Å². The molecule has 0 aliphatic carbocycles. The predicted molar refractivity (Wildman–Crippen MR) is 83.3 cm³/mol. The second kappa shape index (κ2) is 5.63. The van der Waals surface area contributed by atoms with Crippen molar-refractivity contribution in [2.24, 2.45) is 7.05 Å². The highest BCUT2D eigenvalue weighted by Gasteiger charge is 2.10. The maximum Gasteiger partial charge on any atom is 0.275 e. The Bertz CT molecular complexity index is 908. The molecule has 114 valence electrons. The Morgan fingerprint density at radius 1 is 1.27 bits per heavy atom. The van der Waals surface area contributed by atoms with Crippen molar-refractivity contribution >= 4 is 22.5 Å². The molecule has 0 aliphatic heterocycles. The molecule has 3 aromatic heterocycles. The molecule has 0 N–H and O–H groups in total. The van der Waals surface area contributed by atoms with Gasteiger partial charge in [-0.25, -0.2) is 0 Å². The Hall–Kier alpha value is -2.63. The lowest BCUT2D eigenvalue weighted by Crippen LogP contribution is -2.20. The summed E-state index contributed by atoms with van der Waals surface area (Å²) < 4.78 is 8.94. The van der Waals surface area contributed by atoms with E-state index in [0.29, 0.717) is 36.5 Å². The van der Waals surface area contributed by atoms with Crippen LogP contribution in [0.5, 0.6) is 5.88 Å². The number of pyridine rings is 1. The average Bonchev–Trinajstić information content (AvgIpc) is 2.99. The number of fused-ring (bicyclic) bond motifs is 3. The maximum absolute atomic E-state index is 12.2. The Morgan fingerprint density at radius 2 is 2.09 bits per heavy atom. The van der Waals surface area contributed by atoms with Gasteiger partial charge in [-0.15, -0.1) is 0 Å². The number of nitrogens with zero attached hydrogens (tertiary/aromatic N) is 3. The Balaban J connectivity index is 1.97. The number of Topliss-reactive ketones (excluding diaryl/α,β-unsaturated/α-hetero) is 1. The van der Waals surface area contributed by atoms with Crippen molar-refractivity contribution in [1.29, 1.82) is 0 Å². The van der Waals surface area contributed by atoms with Gasteiger partial charge in [0, 0.05) is 25.7 Å². The number of ether oxygens (including phenoxy) is 1. The van der Waals surface area contributed by atoms with Gasteiger partial charge in [-0.3, -0.25) is 9.20 Å². The smallest absolute Gasteiger partial charge is 0.275 e. The number of carbonyl (C=O) groups is 1. The molecule has 0 amide bonds. The van der Waals surface area contributed by atoms with Crippen LogP contribution in [0, 0.1) is 0 Å². The van der Waals surface area contributed by atoms with Gasteiger partial charge in [-0.1, -0.05) is 0 Å². The Morgan fingerprint density at radius 3 is 2.86 bits per heavy atom. The van der Waals surface area contributed by atoms with Crippen molar-refractivity contribution in [3.63, 3.8) is 0 Å². The van der Waals surface area contributed by atoms with Gasteiger partial charge >= 0.3 is 0 Å². The summed E-state index contributed by atoms with van der Waals surface area (Å²) in [6.07, 6.45) is 2.98. The number of ketones is 1. The number of carbonyl (C=O) groups excluding carboxylic acids is 1. The van der Waals surface area contributed by atoms with Gasteiger partial charge in [0.05, 0.1) is 12.1 Å². The number of hydrogen-bond donors (Lipinski definition) is 0. The zero-order chi connectivity index (χ0) is 15.7. The van der Waals surface area contributed by atoms with E-state index in [9.17, 15) is 9.59 Å². The van der Waals surface area contributed by atoms with Gasteiger partial charge < -0.3 is 14.1 Å². The van der Waals surface area contributed by atoms with Gasteiger partial charge in [0.2, 0.25) is 5.88 Å². The van der Waals surface area contributed by atoms with E-state index in [0.717, 1.165) is 5.52 Å². The summed E-state index contributed by atoms with van der Waals surface area (Å²) in [4.78, 5) is 27.6. The first-order valence-electron chi connectivity index (χ1n) is 7.17. The van der Waals surface area contributed by atoms with Crippen LogP contribution in [0.25, 0.3) is 16.7 Å². The molecule has 0 atom stereocenters. The first kappa shape index (κ1) is 14.3. The number of aryl methyl sites for hydroxylation is 1. The lowest BCUT2D eigenvalue weighted by atomic mass is 10.2. The molecule has 0 aromatic carbocycles. The standard InChI is InChI=1S/C16H17N3O3/c1-11(20)5-4-10-22-14-8-7-12-15(17-14)19-9-3-6-13(19)16(21)18(12)2/h3,6-9H,4-5,10H2,1-2H3. The van der Waals surface area contributed by atoms with Gasteiger partial charge in [0.15, 0.2) is 5.65 Å². The molecule has 0 saturated carbocycles. The molecule has 3 aromatic rings. The van der Waals surface area contributed by atoms with Crippen molar-refractivity contribution in [3.8, 4) is 5.88 Å². The summed E-state index contributed by atoms with van der Waals surface area (Å²) in [5, 5.41) is 0.